The molecular weight excluding hydrogens is 282 g/mol. The lowest BCUT2D eigenvalue weighted by atomic mass is 10.1. The van der Waals surface area contributed by atoms with Crippen molar-refractivity contribution in [3.63, 3.8) is 0 Å². The number of aromatic carboxylic acids is 1. The van der Waals surface area contributed by atoms with E-state index in [1.165, 1.54) is 23.0 Å². The van der Waals surface area contributed by atoms with E-state index in [1.54, 1.807) is 18.2 Å². The van der Waals surface area contributed by atoms with Crippen LogP contribution >= 0.6 is 11.6 Å². The molecule has 2 aromatic heterocycles. The van der Waals surface area contributed by atoms with E-state index in [2.05, 4.69) is 10.1 Å². The molecule has 0 aliphatic heterocycles. The topological polar surface area (TPSA) is 87.7 Å². The van der Waals surface area contributed by atoms with Crippen molar-refractivity contribution in [2.75, 3.05) is 0 Å². The summed E-state index contributed by atoms with van der Waals surface area (Å²) in [5.41, 5.74) is 1.42. The van der Waals surface area contributed by atoms with Crippen molar-refractivity contribution >= 4 is 23.2 Å². The summed E-state index contributed by atoms with van der Waals surface area (Å²) in [7, 11) is 0. The molecule has 0 atom stereocenters. The van der Waals surface area contributed by atoms with Gasteiger partial charge in [-0.05, 0) is 18.2 Å². The predicted octanol–water partition coefficient (Wildman–Crippen LogP) is 2.45. The number of aromatic hydroxyl groups is 1. The molecule has 1 aromatic carbocycles. The summed E-state index contributed by atoms with van der Waals surface area (Å²) < 4.78 is 1.35. The Balaban J connectivity index is 2.17. The van der Waals surface area contributed by atoms with Gasteiger partial charge in [0.15, 0.2) is 5.65 Å². The normalized spacial score (nSPS) is 10.8. The lowest BCUT2D eigenvalue weighted by molar-refractivity contribution is 0.0695. The number of phenols is 1. The van der Waals surface area contributed by atoms with Gasteiger partial charge in [0, 0.05) is 29.0 Å². The van der Waals surface area contributed by atoms with E-state index in [9.17, 15) is 9.90 Å². The van der Waals surface area contributed by atoms with Crippen molar-refractivity contribution in [2.24, 2.45) is 0 Å². The Morgan fingerprint density at radius 1 is 1.30 bits per heavy atom. The Bertz CT molecular complexity index is 829. The van der Waals surface area contributed by atoms with Crippen molar-refractivity contribution in [1.82, 2.24) is 14.6 Å². The van der Waals surface area contributed by atoms with Gasteiger partial charge in [0.05, 0.1) is 11.3 Å². The highest BCUT2D eigenvalue weighted by molar-refractivity contribution is 6.30. The van der Waals surface area contributed by atoms with Gasteiger partial charge in [0.2, 0.25) is 0 Å². The van der Waals surface area contributed by atoms with Gasteiger partial charge in [-0.2, -0.15) is 5.10 Å². The van der Waals surface area contributed by atoms with E-state index >= 15 is 0 Å². The maximum Gasteiger partial charge on any atom is 0.338 e. The van der Waals surface area contributed by atoms with Crippen LogP contribution in [0.5, 0.6) is 5.75 Å². The summed E-state index contributed by atoms with van der Waals surface area (Å²) in [6, 6.07) is 6.25. The van der Waals surface area contributed by atoms with Gasteiger partial charge in [-0.15, -0.1) is 0 Å². The summed E-state index contributed by atoms with van der Waals surface area (Å²) in [6.07, 6.45) is 2.61. The number of carboxylic acid groups (broad SMARTS) is 1. The van der Waals surface area contributed by atoms with Crippen molar-refractivity contribution in [1.29, 1.82) is 0 Å². The maximum atomic E-state index is 10.9. The fourth-order valence-corrected chi connectivity index (χ4v) is 2.00. The van der Waals surface area contributed by atoms with Crippen molar-refractivity contribution in [3.05, 3.63) is 47.2 Å². The first-order valence-electron chi connectivity index (χ1n) is 5.62. The monoisotopic (exact) mass is 289 g/mol. The molecule has 0 saturated carbocycles. The van der Waals surface area contributed by atoms with Crippen LogP contribution in [0.4, 0.5) is 0 Å². The average Bonchev–Trinajstić information content (AvgIpc) is 2.83. The Labute approximate surface area is 117 Å². The maximum absolute atomic E-state index is 10.9. The molecule has 3 aromatic rings. The number of benzene rings is 1. The quantitative estimate of drug-likeness (QED) is 0.756. The van der Waals surface area contributed by atoms with Crippen LogP contribution in [0.2, 0.25) is 5.02 Å². The van der Waals surface area contributed by atoms with Crippen LogP contribution < -0.4 is 0 Å². The second-order valence-corrected chi connectivity index (χ2v) is 4.58. The van der Waals surface area contributed by atoms with Crippen LogP contribution in [0.15, 0.2) is 36.7 Å². The molecule has 7 heteroatoms. The molecule has 0 unspecified atom stereocenters. The van der Waals surface area contributed by atoms with Crippen molar-refractivity contribution < 1.29 is 15.0 Å². The molecule has 0 radical (unpaired) electrons. The van der Waals surface area contributed by atoms with Crippen LogP contribution in [0, 0.1) is 0 Å². The zero-order valence-corrected chi connectivity index (χ0v) is 10.7. The Hall–Kier alpha value is -2.60. The van der Waals surface area contributed by atoms with Crippen LogP contribution in [0.25, 0.3) is 16.9 Å². The third-order valence-electron chi connectivity index (χ3n) is 2.79. The van der Waals surface area contributed by atoms with Crippen molar-refractivity contribution in [3.8, 4) is 17.0 Å². The van der Waals surface area contributed by atoms with E-state index < -0.39 is 5.97 Å². The molecule has 0 amide bonds. The van der Waals surface area contributed by atoms with E-state index in [0.29, 0.717) is 21.9 Å². The van der Waals surface area contributed by atoms with E-state index in [-0.39, 0.29) is 11.3 Å². The predicted molar refractivity (Wildman–Crippen MR) is 72.1 cm³/mol. The number of carboxylic acids is 1. The average molecular weight is 290 g/mol. The molecule has 3 rings (SSSR count). The Morgan fingerprint density at radius 2 is 2.10 bits per heavy atom. The third kappa shape index (κ3) is 2.06. The number of hydrogen-bond acceptors (Lipinski definition) is 4. The van der Waals surface area contributed by atoms with Crippen LogP contribution in [-0.2, 0) is 0 Å². The Kier molecular flexibility index (Phi) is 2.80. The SMILES string of the molecule is O=C(O)c1cnc2cc(-c3cc(Cl)ccc3O)nn2c1. The molecule has 0 saturated heterocycles. The molecule has 20 heavy (non-hydrogen) atoms. The minimum absolute atomic E-state index is 0.0301. The summed E-state index contributed by atoms with van der Waals surface area (Å²) in [5, 5.41) is 23.4. The van der Waals surface area contributed by atoms with Gasteiger partial charge in [-0.3, -0.25) is 0 Å². The number of aromatic nitrogens is 3. The van der Waals surface area contributed by atoms with E-state index in [4.69, 9.17) is 16.7 Å². The third-order valence-corrected chi connectivity index (χ3v) is 3.03. The molecule has 100 valence electrons. The second kappa shape index (κ2) is 4.50. The first-order valence-corrected chi connectivity index (χ1v) is 6.00. The highest BCUT2D eigenvalue weighted by Crippen LogP contribution is 2.31. The standard InChI is InChI=1S/C13H8ClN3O3/c14-8-1-2-11(18)9(3-8)10-4-12-15-5-7(13(19)20)6-17(12)16-10/h1-6,18H,(H,19,20). The molecule has 2 heterocycles. The van der Waals surface area contributed by atoms with Gasteiger partial charge in [0.25, 0.3) is 0 Å². The summed E-state index contributed by atoms with van der Waals surface area (Å²) in [6.45, 7) is 0. The van der Waals surface area contributed by atoms with Gasteiger partial charge in [-0.1, -0.05) is 11.6 Å². The number of rotatable bonds is 2. The number of halogens is 1. The zero-order chi connectivity index (χ0) is 14.3. The fraction of sp³-hybridized carbons (Fsp3) is 0. The van der Waals surface area contributed by atoms with Gasteiger partial charge >= 0.3 is 5.97 Å². The van der Waals surface area contributed by atoms with Gasteiger partial charge in [-0.25, -0.2) is 14.3 Å². The van der Waals surface area contributed by atoms with Gasteiger partial charge < -0.3 is 10.2 Å². The number of nitrogens with zero attached hydrogens (tertiary/aromatic N) is 3. The van der Waals surface area contributed by atoms with E-state index in [0.717, 1.165) is 0 Å². The minimum Gasteiger partial charge on any atom is -0.507 e. The molecular formula is C13H8ClN3O3. The lowest BCUT2D eigenvalue weighted by Gasteiger charge is -2.00. The smallest absolute Gasteiger partial charge is 0.338 e. The number of hydrogen-bond donors (Lipinski definition) is 2. The van der Waals surface area contributed by atoms with Gasteiger partial charge in [0.1, 0.15) is 5.75 Å². The summed E-state index contributed by atoms with van der Waals surface area (Å²) >= 11 is 5.89. The summed E-state index contributed by atoms with van der Waals surface area (Å²) in [5.74, 6) is -1.04. The highest BCUT2D eigenvalue weighted by atomic mass is 35.5. The molecule has 0 aliphatic carbocycles. The zero-order valence-electron chi connectivity index (χ0n) is 9.99. The fourth-order valence-electron chi connectivity index (χ4n) is 1.83. The molecule has 0 bridgehead atoms. The molecule has 6 nitrogen and oxygen atoms in total. The highest BCUT2D eigenvalue weighted by Gasteiger charge is 2.12. The first-order chi connectivity index (χ1) is 9.54. The van der Waals surface area contributed by atoms with E-state index in [1.807, 2.05) is 0 Å². The van der Waals surface area contributed by atoms with Crippen LogP contribution in [0.1, 0.15) is 10.4 Å². The van der Waals surface area contributed by atoms with Crippen LogP contribution in [-0.4, -0.2) is 30.8 Å². The van der Waals surface area contributed by atoms with Crippen molar-refractivity contribution in [2.45, 2.75) is 0 Å². The number of fused-ring (bicyclic) bond motifs is 1. The minimum atomic E-state index is -1.08. The molecule has 0 spiro atoms. The second-order valence-electron chi connectivity index (χ2n) is 4.14. The molecule has 0 aliphatic rings. The molecule has 2 N–H and O–H groups in total. The number of phenolic OH excluding ortho intramolecular Hbond substituents is 1. The largest absolute Gasteiger partial charge is 0.507 e. The first kappa shape index (κ1) is 12.4. The van der Waals surface area contributed by atoms with Crippen LogP contribution in [0.3, 0.4) is 0 Å². The lowest BCUT2D eigenvalue weighted by Crippen LogP contribution is -2.00. The number of carbonyl (C=O) groups is 1. The summed E-state index contributed by atoms with van der Waals surface area (Å²) in [4.78, 5) is 14.9. The molecule has 0 fully saturated rings. The Morgan fingerprint density at radius 3 is 2.85 bits per heavy atom.